The van der Waals surface area contributed by atoms with E-state index in [1.54, 1.807) is 24.3 Å². The number of rotatable bonds is 6. The van der Waals surface area contributed by atoms with Crippen molar-refractivity contribution < 1.29 is 8.42 Å². The molecule has 0 aromatic heterocycles. The lowest BCUT2D eigenvalue weighted by Gasteiger charge is -2.10. The lowest BCUT2D eigenvalue weighted by atomic mass is 10.1. The largest absolute Gasteiger partial charge is 0.316 e. The van der Waals surface area contributed by atoms with Crippen molar-refractivity contribution >= 4 is 22.4 Å². The highest BCUT2D eigenvalue weighted by Crippen LogP contribution is 2.12. The van der Waals surface area contributed by atoms with E-state index in [2.05, 4.69) is 10.0 Å². The number of nitrogens with one attached hydrogen (secondary N) is 2. The summed E-state index contributed by atoms with van der Waals surface area (Å²) in [6.45, 7) is 2.48. The van der Waals surface area contributed by atoms with Gasteiger partial charge in [-0.15, -0.1) is 12.4 Å². The smallest absolute Gasteiger partial charge is 0.215 e. The van der Waals surface area contributed by atoms with E-state index in [9.17, 15) is 8.42 Å². The maximum Gasteiger partial charge on any atom is 0.215 e. The highest BCUT2D eigenvalue weighted by molar-refractivity contribution is 7.88. The summed E-state index contributed by atoms with van der Waals surface area (Å²) in [5.41, 5.74) is 1.12. The van der Waals surface area contributed by atoms with Crippen molar-refractivity contribution in [3.8, 4) is 6.07 Å². The van der Waals surface area contributed by atoms with Crippen molar-refractivity contribution in [1.82, 2.24) is 10.0 Å². The fourth-order valence-electron chi connectivity index (χ4n) is 2.38. The minimum Gasteiger partial charge on any atom is -0.316 e. The van der Waals surface area contributed by atoms with Gasteiger partial charge in [0.25, 0.3) is 0 Å². The van der Waals surface area contributed by atoms with Crippen LogP contribution in [0, 0.1) is 17.2 Å². The number of benzene rings is 1. The van der Waals surface area contributed by atoms with Crippen LogP contribution in [0.4, 0.5) is 0 Å². The normalized spacial score (nSPS) is 18.0. The highest BCUT2D eigenvalue weighted by atomic mass is 35.5. The Balaban J connectivity index is 0.00000220. The van der Waals surface area contributed by atoms with Crippen molar-refractivity contribution in [1.29, 1.82) is 5.26 Å². The zero-order valence-corrected chi connectivity index (χ0v) is 13.3. The molecule has 2 N–H and O–H groups in total. The number of sulfonamides is 1. The Kier molecular flexibility index (Phi) is 7.12. The summed E-state index contributed by atoms with van der Waals surface area (Å²) in [5, 5.41) is 12.1. The maximum atomic E-state index is 12.0. The van der Waals surface area contributed by atoms with Crippen LogP contribution in [0.5, 0.6) is 0 Å². The van der Waals surface area contributed by atoms with Gasteiger partial charge < -0.3 is 5.32 Å². The molecular weight excluding hydrogens is 310 g/mol. The molecule has 0 spiro atoms. The Hall–Kier alpha value is -1.13. The van der Waals surface area contributed by atoms with Crippen LogP contribution in [-0.2, 0) is 15.8 Å². The Morgan fingerprint density at radius 2 is 2.24 bits per heavy atom. The molecule has 1 fully saturated rings. The third-order valence-electron chi connectivity index (χ3n) is 3.45. The van der Waals surface area contributed by atoms with Crippen LogP contribution in [0.1, 0.15) is 24.0 Å². The molecule has 1 atom stereocenters. The average molecular weight is 330 g/mol. The second-order valence-electron chi connectivity index (χ2n) is 5.11. The molecule has 1 aliphatic heterocycles. The molecule has 1 aromatic carbocycles. The maximum absolute atomic E-state index is 12.0. The predicted octanol–water partition coefficient (Wildman–Crippen LogP) is 1.40. The number of nitriles is 1. The third-order valence-corrected chi connectivity index (χ3v) is 4.81. The van der Waals surface area contributed by atoms with Gasteiger partial charge in [-0.1, -0.05) is 12.1 Å². The molecule has 0 radical (unpaired) electrons. The second-order valence-corrected chi connectivity index (χ2v) is 6.92. The van der Waals surface area contributed by atoms with Gasteiger partial charge in [0.1, 0.15) is 0 Å². The van der Waals surface area contributed by atoms with E-state index in [4.69, 9.17) is 5.26 Å². The fraction of sp³-hybridized carbons (Fsp3) is 0.500. The van der Waals surface area contributed by atoms with Crippen LogP contribution in [0.2, 0.25) is 0 Å². The van der Waals surface area contributed by atoms with Crippen molar-refractivity contribution in [2.24, 2.45) is 5.92 Å². The van der Waals surface area contributed by atoms with Crippen LogP contribution in [0.25, 0.3) is 0 Å². The highest BCUT2D eigenvalue weighted by Gasteiger charge is 2.16. The predicted molar refractivity (Wildman–Crippen MR) is 84.6 cm³/mol. The van der Waals surface area contributed by atoms with Gasteiger partial charge in [0, 0.05) is 6.54 Å². The molecule has 1 heterocycles. The molecule has 5 nitrogen and oxygen atoms in total. The Morgan fingerprint density at radius 3 is 2.90 bits per heavy atom. The van der Waals surface area contributed by atoms with E-state index in [1.807, 2.05) is 6.07 Å². The molecule has 1 saturated heterocycles. The van der Waals surface area contributed by atoms with Gasteiger partial charge in [-0.25, -0.2) is 13.1 Å². The molecule has 0 saturated carbocycles. The molecule has 0 aliphatic carbocycles. The van der Waals surface area contributed by atoms with Gasteiger partial charge >= 0.3 is 0 Å². The van der Waals surface area contributed by atoms with E-state index < -0.39 is 10.0 Å². The van der Waals surface area contributed by atoms with Crippen LogP contribution < -0.4 is 10.0 Å². The number of nitrogens with zero attached hydrogens (tertiary/aromatic N) is 1. The summed E-state index contributed by atoms with van der Waals surface area (Å²) >= 11 is 0. The molecule has 116 valence electrons. The van der Waals surface area contributed by atoms with Gasteiger partial charge in [0.2, 0.25) is 10.0 Å². The summed E-state index contributed by atoms with van der Waals surface area (Å²) in [7, 11) is -3.33. The fourth-order valence-corrected chi connectivity index (χ4v) is 3.53. The summed E-state index contributed by atoms with van der Waals surface area (Å²) < 4.78 is 26.6. The quantitative estimate of drug-likeness (QED) is 0.826. The molecular formula is C14H20ClN3O2S. The molecule has 1 aromatic rings. The first-order valence-corrected chi connectivity index (χ1v) is 8.41. The Labute approximate surface area is 132 Å². The first kappa shape index (κ1) is 17.9. The topological polar surface area (TPSA) is 82.0 Å². The third kappa shape index (κ3) is 6.02. The van der Waals surface area contributed by atoms with Crippen molar-refractivity contribution in [3.05, 3.63) is 35.4 Å². The van der Waals surface area contributed by atoms with Gasteiger partial charge in [0.05, 0.1) is 17.4 Å². The zero-order valence-electron chi connectivity index (χ0n) is 11.7. The average Bonchev–Trinajstić information content (AvgIpc) is 2.91. The van der Waals surface area contributed by atoms with E-state index in [0.29, 0.717) is 23.6 Å². The molecule has 1 unspecified atom stereocenters. The van der Waals surface area contributed by atoms with Gasteiger partial charge in [-0.2, -0.15) is 5.26 Å². The zero-order chi connectivity index (χ0) is 14.4. The van der Waals surface area contributed by atoms with Crippen molar-refractivity contribution in [2.75, 3.05) is 19.6 Å². The van der Waals surface area contributed by atoms with Gasteiger partial charge in [0.15, 0.2) is 0 Å². The lowest BCUT2D eigenvalue weighted by molar-refractivity contribution is 0.519. The van der Waals surface area contributed by atoms with Gasteiger partial charge in [-0.05, 0) is 49.5 Å². The molecule has 0 amide bonds. The summed E-state index contributed by atoms with van der Waals surface area (Å²) in [6, 6.07) is 8.71. The Morgan fingerprint density at radius 1 is 1.43 bits per heavy atom. The van der Waals surface area contributed by atoms with Crippen LogP contribution in [-0.4, -0.2) is 28.1 Å². The van der Waals surface area contributed by atoms with E-state index in [1.165, 1.54) is 0 Å². The lowest BCUT2D eigenvalue weighted by Crippen LogP contribution is -2.27. The second kappa shape index (κ2) is 8.35. The molecule has 0 bridgehead atoms. The minimum atomic E-state index is -3.33. The Bertz CT molecular complexity index is 592. The minimum absolute atomic E-state index is 0. The summed E-state index contributed by atoms with van der Waals surface area (Å²) in [5.74, 6) is 0.491. The van der Waals surface area contributed by atoms with Gasteiger partial charge in [-0.3, -0.25) is 0 Å². The van der Waals surface area contributed by atoms with E-state index in [0.717, 1.165) is 25.9 Å². The monoisotopic (exact) mass is 329 g/mol. The van der Waals surface area contributed by atoms with Crippen molar-refractivity contribution in [2.45, 2.75) is 18.6 Å². The van der Waals surface area contributed by atoms with Crippen LogP contribution in [0.3, 0.4) is 0 Å². The number of hydrogen-bond donors (Lipinski definition) is 2. The summed E-state index contributed by atoms with van der Waals surface area (Å²) in [6.07, 6.45) is 1.98. The summed E-state index contributed by atoms with van der Waals surface area (Å²) in [4.78, 5) is 0. The van der Waals surface area contributed by atoms with Crippen molar-refractivity contribution in [3.63, 3.8) is 0 Å². The SMILES string of the molecule is Cl.N#Cc1cccc(CS(=O)(=O)NCCC2CCNC2)c1. The molecule has 21 heavy (non-hydrogen) atoms. The standard InChI is InChI=1S/C14H19N3O2S.ClH/c15-9-13-2-1-3-14(8-13)11-20(18,19)17-7-5-12-4-6-16-10-12;/h1-3,8,12,16-17H,4-7,10-11H2;1H. The number of hydrogen-bond acceptors (Lipinski definition) is 4. The van der Waals surface area contributed by atoms with E-state index in [-0.39, 0.29) is 18.2 Å². The number of halogens is 1. The van der Waals surface area contributed by atoms with Crippen LogP contribution in [0.15, 0.2) is 24.3 Å². The molecule has 7 heteroatoms. The first-order valence-electron chi connectivity index (χ1n) is 6.76. The van der Waals surface area contributed by atoms with Crippen LogP contribution >= 0.6 is 12.4 Å². The first-order chi connectivity index (χ1) is 9.59. The van der Waals surface area contributed by atoms with E-state index >= 15 is 0 Å². The molecule has 1 aliphatic rings. The molecule has 2 rings (SSSR count).